The predicted octanol–water partition coefficient (Wildman–Crippen LogP) is 21.4. The first-order chi connectivity index (χ1) is 47.0. The number of hydrogen-bond acceptors (Lipinski definition) is 4. The molecule has 0 saturated carbocycles. The molecule has 15 rings (SSSR count). The van der Waals surface area contributed by atoms with Crippen LogP contribution in [0.2, 0.25) is 0 Å². The lowest BCUT2D eigenvalue weighted by molar-refractivity contribution is 0.598. The Morgan fingerprint density at radius 1 is 0.409 bits per heavy atom. The molecule has 0 unspecified atom stereocenters. The van der Waals surface area contributed by atoms with Crippen LogP contribution in [-0.4, -0.2) is 6.71 Å². The first-order valence-electron chi connectivity index (χ1n) is 35.0. The second-order valence-corrected chi connectivity index (χ2v) is 25.6. The lowest BCUT2D eigenvalue weighted by Crippen LogP contribution is -2.61. The van der Waals surface area contributed by atoms with Crippen LogP contribution in [-0.2, 0) is 10.8 Å². The molecule has 0 N–H and O–H groups in total. The summed E-state index contributed by atoms with van der Waals surface area (Å²) in [7, 11) is 0. The summed E-state index contributed by atoms with van der Waals surface area (Å²) >= 11 is 1.74. The summed E-state index contributed by atoms with van der Waals surface area (Å²) in [6.45, 7) is 15.0. The van der Waals surface area contributed by atoms with Crippen molar-refractivity contribution in [1.29, 1.82) is 0 Å². The van der Waals surface area contributed by atoms with Gasteiger partial charge in [-0.05, 0) is 169 Å². The molecule has 1 aromatic heterocycles. The summed E-state index contributed by atoms with van der Waals surface area (Å²) in [5, 5.41) is 3.45. The largest absolute Gasteiger partial charge is 0.310 e. The average molecular weight is 1160 g/mol. The van der Waals surface area contributed by atoms with Gasteiger partial charge < -0.3 is 14.7 Å². The standard InChI is InChI=1S/C83H68BN3S/c1-55-47-67(57-29-15-8-16-30-57)79(68(48-55)58-31-17-9-18-32-58)86-73-45-43-62(83(6,7)61-37-23-12-24-38-61)51-72(73)84-77-75(86)52-65(85(63-39-25-13-26-40-63)64-41-27-14-28-42-64)53-76(77)87(74-46-44-66-71(82(3,4)5)54-88-81(66)78(74)84)80-69(59-33-19-10-20-34-59)49-56(2)50-70(80)60-35-21-11-22-36-60/h8-54H,1-7H3/i13D,14D,25D,26D,27D,28D,39D,40D,41D,42D. The monoisotopic (exact) mass is 1160 g/mol. The molecule has 0 saturated heterocycles. The number of fused-ring (bicyclic) bond motifs is 6. The maximum atomic E-state index is 9.93. The van der Waals surface area contributed by atoms with E-state index in [-0.39, 0.29) is 11.1 Å². The number of benzene rings is 12. The molecule has 88 heavy (non-hydrogen) atoms. The van der Waals surface area contributed by atoms with Crippen molar-refractivity contribution in [3.8, 4) is 44.5 Å². The second kappa shape index (κ2) is 21.8. The average Bonchev–Trinajstić information content (AvgIpc) is 0.960. The van der Waals surface area contributed by atoms with Gasteiger partial charge in [0.15, 0.2) is 0 Å². The highest BCUT2D eigenvalue weighted by Crippen LogP contribution is 2.56. The molecule has 3 nitrogen and oxygen atoms in total. The topological polar surface area (TPSA) is 9.72 Å². The van der Waals surface area contributed by atoms with E-state index in [1.807, 2.05) is 91.0 Å². The third kappa shape index (κ3) is 9.27. The smallest absolute Gasteiger partial charge is 0.254 e. The van der Waals surface area contributed by atoms with Gasteiger partial charge in [0.05, 0.1) is 30.8 Å². The van der Waals surface area contributed by atoms with Gasteiger partial charge in [-0.15, -0.1) is 11.3 Å². The normalized spacial score (nSPS) is 14.2. The van der Waals surface area contributed by atoms with Crippen LogP contribution < -0.4 is 31.1 Å². The molecule has 0 amide bonds. The summed E-state index contributed by atoms with van der Waals surface area (Å²) < 4.78 is 96.1. The summed E-state index contributed by atoms with van der Waals surface area (Å²) in [6, 6.07) is 69.9. The number of nitrogens with zero attached hydrogens (tertiary/aromatic N) is 3. The maximum Gasteiger partial charge on any atom is 0.254 e. The Kier molecular flexibility index (Phi) is 11.0. The second-order valence-electron chi connectivity index (χ2n) is 24.7. The fourth-order valence-electron chi connectivity index (χ4n) is 13.6. The molecule has 2 aliphatic heterocycles. The molecule has 0 radical (unpaired) electrons. The van der Waals surface area contributed by atoms with E-state index in [1.165, 1.54) is 10.5 Å². The Bertz CT molecular complexity index is 5130. The van der Waals surface area contributed by atoms with Crippen LogP contribution in [0.15, 0.2) is 284 Å². The molecule has 0 fully saturated rings. The van der Waals surface area contributed by atoms with E-state index in [0.29, 0.717) is 11.4 Å². The summed E-state index contributed by atoms with van der Waals surface area (Å²) in [6.07, 6.45) is 0. The summed E-state index contributed by atoms with van der Waals surface area (Å²) in [5.41, 5.74) is 19.1. The van der Waals surface area contributed by atoms with Crippen molar-refractivity contribution in [3.63, 3.8) is 0 Å². The van der Waals surface area contributed by atoms with Crippen molar-refractivity contribution in [3.05, 3.63) is 312 Å². The Morgan fingerprint density at radius 3 is 1.27 bits per heavy atom. The number of aryl methyl sites for hydroxylation is 2. The third-order valence-corrected chi connectivity index (χ3v) is 18.8. The van der Waals surface area contributed by atoms with E-state index in [1.54, 1.807) is 11.3 Å². The number of thiophene rings is 1. The molecule has 424 valence electrons. The van der Waals surface area contributed by atoms with Crippen molar-refractivity contribution < 1.29 is 13.7 Å². The minimum atomic E-state index is -0.660. The summed E-state index contributed by atoms with van der Waals surface area (Å²) in [5.74, 6) is 0. The molecule has 0 spiro atoms. The number of hydrogen-bond donors (Lipinski definition) is 0. The van der Waals surface area contributed by atoms with Crippen LogP contribution in [0.1, 0.15) is 76.1 Å². The first-order valence-corrected chi connectivity index (χ1v) is 30.9. The van der Waals surface area contributed by atoms with Gasteiger partial charge in [-0.1, -0.05) is 241 Å². The van der Waals surface area contributed by atoms with Gasteiger partial charge in [0.2, 0.25) is 0 Å². The molecular formula is C83H68BN3S. The summed E-state index contributed by atoms with van der Waals surface area (Å²) in [4.78, 5) is 6.04. The molecule has 5 heteroatoms. The van der Waals surface area contributed by atoms with Gasteiger partial charge >= 0.3 is 0 Å². The molecule has 0 atom stereocenters. The fraction of sp³-hybridized carbons (Fsp3) is 0.108. The van der Waals surface area contributed by atoms with Crippen molar-refractivity contribution in [1.82, 2.24) is 0 Å². The lowest BCUT2D eigenvalue weighted by atomic mass is 9.33. The molecule has 0 bridgehead atoms. The fourth-order valence-corrected chi connectivity index (χ4v) is 15.0. The molecule has 12 aromatic carbocycles. The SMILES string of the molecule is [2H]c1c([2H])c([2H])c(N(c2cc3c4c(c2)N(c2c(-c5ccccc5)cc(C)cc2-c2ccccc2)c2ccc5c(C(C)(C)C)csc5c2B4c2cc(C(C)(C)c4ccccc4)ccc2N3c2c(-c3ccccc3)cc(C)cc2-c2ccccc2)c2c([2H])c([2H])c([2H])c([2H])c2[2H])c([2H])c1[2H]. The maximum absolute atomic E-state index is 9.93. The van der Waals surface area contributed by atoms with Gasteiger partial charge in [-0.3, -0.25) is 0 Å². The highest BCUT2D eigenvalue weighted by molar-refractivity contribution is 7.20. The van der Waals surface area contributed by atoms with E-state index in [9.17, 15) is 11.0 Å². The third-order valence-electron chi connectivity index (χ3n) is 17.8. The van der Waals surface area contributed by atoms with Crippen LogP contribution in [0.4, 0.5) is 51.2 Å². The van der Waals surface area contributed by atoms with Crippen LogP contribution in [0, 0.1) is 13.8 Å². The highest BCUT2D eigenvalue weighted by atomic mass is 32.1. The van der Waals surface area contributed by atoms with Gasteiger partial charge in [0, 0.05) is 66.5 Å². The molecular weight excluding hydrogens is 1080 g/mol. The molecule has 13 aromatic rings. The minimum Gasteiger partial charge on any atom is -0.310 e. The quantitative estimate of drug-likeness (QED) is 0.120. The Hall–Kier alpha value is -9.94. The van der Waals surface area contributed by atoms with Crippen LogP contribution >= 0.6 is 11.3 Å². The van der Waals surface area contributed by atoms with Crippen LogP contribution in [0.25, 0.3) is 54.6 Å². The van der Waals surface area contributed by atoms with Crippen molar-refractivity contribution in [2.75, 3.05) is 14.7 Å². The minimum absolute atomic E-state index is 0.162. The Labute approximate surface area is 537 Å². The van der Waals surface area contributed by atoms with Crippen molar-refractivity contribution in [2.45, 2.75) is 59.3 Å². The molecule has 3 heterocycles. The van der Waals surface area contributed by atoms with E-state index < -0.39 is 83.9 Å². The van der Waals surface area contributed by atoms with E-state index >= 15 is 0 Å². The molecule has 2 aliphatic rings. The van der Waals surface area contributed by atoms with Crippen LogP contribution in [0.5, 0.6) is 0 Å². The molecule has 0 aliphatic carbocycles. The van der Waals surface area contributed by atoms with E-state index in [0.717, 1.165) is 116 Å². The van der Waals surface area contributed by atoms with E-state index in [2.05, 4.69) is 191 Å². The Morgan fingerprint density at radius 2 is 0.830 bits per heavy atom. The zero-order valence-corrected chi connectivity index (χ0v) is 51.0. The van der Waals surface area contributed by atoms with Gasteiger partial charge in [0.1, 0.15) is 0 Å². The van der Waals surface area contributed by atoms with Crippen LogP contribution in [0.3, 0.4) is 0 Å². The van der Waals surface area contributed by atoms with Gasteiger partial charge in [-0.2, -0.15) is 0 Å². The number of anilines is 9. The zero-order chi connectivity index (χ0) is 68.5. The number of para-hydroxylation sites is 2. The number of rotatable bonds is 11. The van der Waals surface area contributed by atoms with Gasteiger partial charge in [-0.25, -0.2) is 0 Å². The zero-order valence-electron chi connectivity index (χ0n) is 60.2. The first kappa shape index (κ1) is 44.5. The van der Waals surface area contributed by atoms with E-state index in [4.69, 9.17) is 2.74 Å². The highest BCUT2D eigenvalue weighted by Gasteiger charge is 2.47. The Balaban J connectivity index is 1.22. The van der Waals surface area contributed by atoms with Crippen molar-refractivity contribution in [2.24, 2.45) is 0 Å². The van der Waals surface area contributed by atoms with Gasteiger partial charge in [0.25, 0.3) is 6.71 Å². The van der Waals surface area contributed by atoms with Crippen molar-refractivity contribution >= 4 is 95.7 Å². The predicted molar refractivity (Wildman–Crippen MR) is 379 cm³/mol. The lowest BCUT2D eigenvalue weighted by Gasteiger charge is -2.47.